The van der Waals surface area contributed by atoms with Crippen molar-refractivity contribution in [2.24, 2.45) is 51.1 Å². The molecule has 9 rings (SSSR count). The van der Waals surface area contributed by atoms with Crippen LogP contribution in [0.3, 0.4) is 0 Å². The number of hydrogen-bond donors (Lipinski definition) is 13. The van der Waals surface area contributed by atoms with Crippen LogP contribution in [0.5, 0.6) is 46.0 Å². The van der Waals surface area contributed by atoms with Gasteiger partial charge in [-0.3, -0.25) is 22.8 Å². The van der Waals surface area contributed by atoms with Crippen molar-refractivity contribution < 1.29 is 106 Å². The summed E-state index contributed by atoms with van der Waals surface area (Å²) >= 11 is 0. The topological polar surface area (TPSA) is 557 Å². The van der Waals surface area contributed by atoms with Crippen LogP contribution in [0.15, 0.2) is 227 Å². The molecular weight excluding hydrogens is 1350 g/mol. The fraction of sp³-hybridized carbons (Fsp3) is 0.0526. The summed E-state index contributed by atoms with van der Waals surface area (Å²) in [5.74, 6) is -6.58. The number of benzene rings is 9. The van der Waals surface area contributed by atoms with Gasteiger partial charge in [0, 0.05) is 47.6 Å². The summed E-state index contributed by atoms with van der Waals surface area (Å²) in [6, 6.07) is 25.9. The summed E-state index contributed by atoms with van der Waals surface area (Å²) in [6.45, 7) is 0. The molecule has 0 unspecified atom stereocenters. The van der Waals surface area contributed by atoms with Gasteiger partial charge in [0.2, 0.25) is 0 Å². The molecule has 0 bridgehead atoms. The Kier molecular flexibility index (Phi) is 19.3. The van der Waals surface area contributed by atoms with Gasteiger partial charge in [0.05, 0.1) is 52.9 Å². The van der Waals surface area contributed by atoms with Gasteiger partial charge in [0.15, 0.2) is 28.6 Å². The lowest BCUT2D eigenvalue weighted by Gasteiger charge is -2.19. The second-order valence-electron chi connectivity index (χ2n) is 19.9. The molecule has 490 valence electrons. The molecule has 0 atom stereocenters. The third kappa shape index (κ3) is 16.4. The molecular formula is C57H44N10O23S5. The van der Waals surface area contributed by atoms with E-state index in [1.165, 1.54) is 12.1 Å². The molecule has 0 aromatic heterocycles. The highest BCUT2D eigenvalue weighted by molar-refractivity contribution is 7.86. The number of nitrogens with zero attached hydrogens (tertiary/aromatic N) is 10. The second-order valence-corrected chi connectivity index (χ2v) is 27.0. The maximum atomic E-state index is 12.4. The first-order valence-corrected chi connectivity index (χ1v) is 33.4. The zero-order valence-corrected chi connectivity index (χ0v) is 51.5. The van der Waals surface area contributed by atoms with E-state index >= 15 is 0 Å². The van der Waals surface area contributed by atoms with Crippen LogP contribution in [0.1, 0.15) is 33.4 Å². The summed E-state index contributed by atoms with van der Waals surface area (Å²) in [6.07, 6.45) is -1.94. The minimum atomic E-state index is -4.71. The third-order valence-electron chi connectivity index (χ3n) is 13.5. The van der Waals surface area contributed by atoms with Crippen molar-refractivity contribution in [3.8, 4) is 46.0 Å². The Labute approximate surface area is 536 Å². The maximum absolute atomic E-state index is 12.4. The highest BCUT2D eigenvalue weighted by Gasteiger charge is 2.27. The zero-order valence-electron chi connectivity index (χ0n) is 47.5. The fourth-order valence-corrected chi connectivity index (χ4v) is 11.1. The lowest BCUT2D eigenvalue weighted by molar-refractivity contribution is 0.440. The molecule has 0 aliphatic heterocycles. The van der Waals surface area contributed by atoms with E-state index in [-0.39, 0.29) is 67.5 Å². The molecule has 13 N–H and O–H groups in total. The number of azo groups is 5. The molecule has 0 aliphatic rings. The predicted molar refractivity (Wildman–Crippen MR) is 330 cm³/mol. The maximum Gasteiger partial charge on any atom is 0.294 e. The van der Waals surface area contributed by atoms with E-state index in [4.69, 9.17) is 0 Å². The molecule has 0 saturated heterocycles. The van der Waals surface area contributed by atoms with Gasteiger partial charge >= 0.3 is 0 Å². The zero-order chi connectivity index (χ0) is 69.1. The average molecular weight is 1400 g/mol. The van der Waals surface area contributed by atoms with Gasteiger partial charge in [0.1, 0.15) is 45.9 Å². The van der Waals surface area contributed by atoms with Crippen molar-refractivity contribution in [1.29, 1.82) is 0 Å². The van der Waals surface area contributed by atoms with Crippen LogP contribution in [-0.2, 0) is 69.9 Å². The van der Waals surface area contributed by atoms with Gasteiger partial charge in [-0.05, 0) is 157 Å². The summed E-state index contributed by atoms with van der Waals surface area (Å²) in [5.41, 5.74) is -4.80. The summed E-state index contributed by atoms with van der Waals surface area (Å²) < 4.78 is 165. The largest absolute Gasteiger partial charge is 0.508 e. The first-order chi connectivity index (χ1) is 44.5. The van der Waals surface area contributed by atoms with Crippen LogP contribution in [0.4, 0.5) is 56.9 Å². The van der Waals surface area contributed by atoms with Crippen LogP contribution in [0.2, 0.25) is 0 Å². The van der Waals surface area contributed by atoms with E-state index in [1.54, 1.807) is 0 Å². The fourth-order valence-electron chi connectivity index (χ4n) is 8.75. The Morgan fingerprint density at radius 3 is 0.905 bits per heavy atom. The van der Waals surface area contributed by atoms with Crippen molar-refractivity contribution in [2.75, 3.05) is 0 Å². The summed E-state index contributed by atoms with van der Waals surface area (Å²) in [7, 11) is -23.3. The summed E-state index contributed by atoms with van der Waals surface area (Å²) in [4.78, 5) is -2.63. The number of phenols is 8. The normalized spacial score (nSPS) is 12.7. The number of rotatable bonds is 21. The third-order valence-corrected chi connectivity index (χ3v) is 17.8. The van der Waals surface area contributed by atoms with Crippen molar-refractivity contribution >= 4 is 107 Å². The van der Waals surface area contributed by atoms with E-state index in [9.17, 15) is 106 Å². The van der Waals surface area contributed by atoms with Gasteiger partial charge in [-0.15, -0.1) is 25.6 Å². The quantitative estimate of drug-likeness (QED) is 0.0235. The number of hydrogen-bond acceptors (Lipinski definition) is 28. The van der Waals surface area contributed by atoms with Crippen LogP contribution in [0, 0.1) is 0 Å². The number of phenolic OH excluding ortho intramolecular Hbond substituents is 8. The standard InChI is InChI=1S/C57H44N10O23S5/c68-46-28-47(69)45(63-58-34-1-11-39(12-2-34)91(76,77)78)25-30(46)22-33-23-32(54(72)53(55(33)73)67-62-38-9-19-43(20-10-38)95(88,89)90)21-29-26-48(70)51(65-60-36-5-15-41(16-6-36)93(82,83)84)56(74)44(29)24-31-27-49(71)52(66-61-37-7-17-42(18-8-37)94(85,86)87)57(75)50(31)64-59-35-3-13-40(14-4-35)92(79,80)81/h1-20,23,25-28,68-75H,21-22,24H2,(H,76,77,78)(H,79,80,81)(H,82,83,84)(H,85,86,87)(H,88,89,90). The number of aromatic hydroxyl groups is 8. The van der Waals surface area contributed by atoms with E-state index in [1.807, 2.05) is 0 Å². The van der Waals surface area contributed by atoms with E-state index < -0.39 is 163 Å². The second kappa shape index (κ2) is 26.9. The molecule has 0 spiro atoms. The molecule has 0 saturated carbocycles. The van der Waals surface area contributed by atoms with Crippen LogP contribution < -0.4 is 0 Å². The minimum absolute atomic E-state index is 0.0290. The van der Waals surface area contributed by atoms with Crippen molar-refractivity contribution in [3.63, 3.8) is 0 Å². The first kappa shape index (κ1) is 68.3. The molecule has 9 aromatic carbocycles. The Balaban J connectivity index is 1.22. The highest BCUT2D eigenvalue weighted by Crippen LogP contribution is 2.51. The molecule has 33 nitrogen and oxygen atoms in total. The Morgan fingerprint density at radius 2 is 0.547 bits per heavy atom. The highest BCUT2D eigenvalue weighted by atomic mass is 32.2. The monoisotopic (exact) mass is 1400 g/mol. The van der Waals surface area contributed by atoms with E-state index in [0.717, 1.165) is 140 Å². The van der Waals surface area contributed by atoms with Crippen molar-refractivity contribution in [1.82, 2.24) is 0 Å². The first-order valence-electron chi connectivity index (χ1n) is 26.2. The van der Waals surface area contributed by atoms with Crippen LogP contribution in [-0.4, -0.2) is 106 Å². The molecule has 9 aromatic rings. The van der Waals surface area contributed by atoms with Crippen molar-refractivity contribution in [3.05, 3.63) is 185 Å². The summed E-state index contributed by atoms with van der Waals surface area (Å²) in [5, 5.41) is 134. The molecule has 38 heteroatoms. The SMILES string of the molecule is O=S(=O)(O)c1ccc(N=Nc2cc(Cc3cc(Cc4cc(O)c(N=Nc5ccc(S(=O)(=O)O)cc5)c(O)c4Cc4cc(O)c(N=Nc5ccc(S(=O)(=O)O)cc5)c(O)c4N=Nc4ccc(S(=O)(=O)O)cc4)c(O)c(N=Nc4ccc(S(=O)(=O)O)cc4)c3O)c(O)cc2O)cc1. The molecule has 0 radical (unpaired) electrons. The molecule has 95 heavy (non-hydrogen) atoms. The molecule has 0 fully saturated rings. The van der Waals surface area contributed by atoms with Gasteiger partial charge < -0.3 is 40.9 Å². The van der Waals surface area contributed by atoms with Crippen LogP contribution in [0.25, 0.3) is 0 Å². The lowest BCUT2D eigenvalue weighted by atomic mass is 9.90. The van der Waals surface area contributed by atoms with Gasteiger partial charge in [-0.1, -0.05) is 0 Å². The Morgan fingerprint density at radius 1 is 0.242 bits per heavy atom. The lowest BCUT2D eigenvalue weighted by Crippen LogP contribution is -2.01. The van der Waals surface area contributed by atoms with E-state index in [0.29, 0.717) is 0 Å². The molecule has 0 aliphatic carbocycles. The predicted octanol–water partition coefficient (Wildman–Crippen LogP) is 12.4. The molecule has 0 amide bonds. The minimum Gasteiger partial charge on any atom is -0.508 e. The van der Waals surface area contributed by atoms with Gasteiger partial charge in [0.25, 0.3) is 50.6 Å². The molecule has 0 heterocycles. The van der Waals surface area contributed by atoms with Crippen molar-refractivity contribution in [2.45, 2.75) is 43.7 Å². The van der Waals surface area contributed by atoms with E-state index in [2.05, 4.69) is 51.1 Å². The van der Waals surface area contributed by atoms with Gasteiger partial charge in [-0.25, -0.2) is 0 Å². The van der Waals surface area contributed by atoms with Crippen LogP contribution >= 0.6 is 0 Å². The smallest absolute Gasteiger partial charge is 0.294 e. The van der Waals surface area contributed by atoms with Gasteiger partial charge in [-0.2, -0.15) is 67.7 Å². The Bertz CT molecular complexity index is 5300. The average Bonchev–Trinajstić information content (AvgIpc) is 0.782. The Hall–Kier alpha value is -11.1.